The molecule has 198 valence electrons. The van der Waals surface area contributed by atoms with E-state index < -0.39 is 25.0 Å². The summed E-state index contributed by atoms with van der Waals surface area (Å²) in [5, 5.41) is 16.0. The number of aliphatic carboxylic acids is 1. The van der Waals surface area contributed by atoms with Crippen molar-refractivity contribution in [1.82, 2.24) is 14.9 Å². The predicted molar refractivity (Wildman–Crippen MR) is 139 cm³/mol. The molecule has 1 aliphatic rings. The molecule has 2 aromatic heterocycles. The largest absolute Gasteiger partial charge is 0.480 e. The van der Waals surface area contributed by atoms with E-state index in [0.717, 1.165) is 54.6 Å². The van der Waals surface area contributed by atoms with Gasteiger partial charge in [-0.3, -0.25) is 0 Å². The van der Waals surface area contributed by atoms with Crippen molar-refractivity contribution < 1.29 is 23.4 Å². The summed E-state index contributed by atoms with van der Waals surface area (Å²) in [6, 6.07) is 6.88. The molecule has 2 aromatic rings. The number of carboxylic acids is 1. The number of pyridine rings is 2. The van der Waals surface area contributed by atoms with E-state index in [1.165, 1.54) is 5.56 Å². The zero-order valence-corrected chi connectivity index (χ0v) is 21.9. The second kappa shape index (κ2) is 15.0. The van der Waals surface area contributed by atoms with Crippen LogP contribution in [0.2, 0.25) is 0 Å². The van der Waals surface area contributed by atoms with Crippen molar-refractivity contribution in [1.29, 1.82) is 0 Å². The number of hydrogen-bond acceptors (Lipinski definition) is 7. The van der Waals surface area contributed by atoms with Gasteiger partial charge in [-0.2, -0.15) is 0 Å². The standard InChI is InChI=1S/C25H34BrF2N5O3/c26-19-8-11-29-23(16-19)32-21(25(34)35)9-13-33(14-15-36-17-22(27)28)12-2-1-5-20-7-6-18-4-3-10-30-24(18)31-20/h6-8,11,16,21-22H,1-5,9-10,12-15,17H2,(H,29,32)(H,30,31)(H,34,35)/t21-/m0/s1. The number of halogens is 3. The van der Waals surface area contributed by atoms with Crippen LogP contribution in [0.15, 0.2) is 34.9 Å². The Morgan fingerprint density at radius 1 is 1.25 bits per heavy atom. The van der Waals surface area contributed by atoms with Crippen molar-refractivity contribution in [3.63, 3.8) is 0 Å². The number of nitrogens with zero attached hydrogens (tertiary/aromatic N) is 3. The second-order valence-corrected chi connectivity index (χ2v) is 9.70. The molecule has 0 saturated heterocycles. The molecule has 1 aliphatic heterocycles. The van der Waals surface area contributed by atoms with E-state index in [4.69, 9.17) is 9.72 Å². The average molecular weight is 570 g/mol. The van der Waals surface area contributed by atoms with Gasteiger partial charge in [-0.15, -0.1) is 0 Å². The minimum Gasteiger partial charge on any atom is -0.480 e. The molecule has 0 bridgehead atoms. The zero-order valence-electron chi connectivity index (χ0n) is 20.3. The van der Waals surface area contributed by atoms with Crippen LogP contribution in [0.4, 0.5) is 20.4 Å². The van der Waals surface area contributed by atoms with Crippen LogP contribution in [0.1, 0.15) is 36.9 Å². The number of ether oxygens (including phenoxy) is 1. The molecule has 0 unspecified atom stereocenters. The molecule has 3 heterocycles. The first-order valence-corrected chi connectivity index (χ1v) is 13.1. The van der Waals surface area contributed by atoms with Gasteiger partial charge in [0.2, 0.25) is 0 Å². The van der Waals surface area contributed by atoms with E-state index in [0.29, 0.717) is 31.9 Å². The van der Waals surface area contributed by atoms with Crippen LogP contribution in [-0.4, -0.2) is 77.8 Å². The third-order valence-electron chi connectivity index (χ3n) is 5.98. The number of anilines is 2. The van der Waals surface area contributed by atoms with Crippen molar-refractivity contribution in [2.45, 2.75) is 51.0 Å². The van der Waals surface area contributed by atoms with Gasteiger partial charge < -0.3 is 25.4 Å². The maximum absolute atomic E-state index is 12.4. The van der Waals surface area contributed by atoms with Gasteiger partial charge in [-0.1, -0.05) is 22.0 Å². The van der Waals surface area contributed by atoms with Crippen LogP contribution >= 0.6 is 15.9 Å². The number of rotatable bonds is 16. The SMILES string of the molecule is O=C(O)[C@H](CCN(CCCCc1ccc2c(n1)NCCC2)CCOCC(F)F)Nc1cc(Br)ccn1. The Morgan fingerprint density at radius 2 is 2.11 bits per heavy atom. The topological polar surface area (TPSA) is 99.6 Å². The first-order chi connectivity index (χ1) is 17.4. The van der Waals surface area contributed by atoms with Gasteiger partial charge in [-0.05, 0) is 68.8 Å². The van der Waals surface area contributed by atoms with E-state index in [-0.39, 0.29) is 6.61 Å². The number of hydrogen-bond donors (Lipinski definition) is 3. The van der Waals surface area contributed by atoms with E-state index >= 15 is 0 Å². The summed E-state index contributed by atoms with van der Waals surface area (Å²) in [4.78, 5) is 22.8. The molecule has 0 aromatic carbocycles. The fourth-order valence-corrected chi connectivity index (χ4v) is 4.42. The number of aromatic nitrogens is 2. The Morgan fingerprint density at radius 3 is 2.89 bits per heavy atom. The highest BCUT2D eigenvalue weighted by Gasteiger charge is 2.19. The van der Waals surface area contributed by atoms with Gasteiger partial charge in [0.25, 0.3) is 6.43 Å². The Balaban J connectivity index is 1.49. The average Bonchev–Trinajstić information content (AvgIpc) is 2.85. The van der Waals surface area contributed by atoms with Gasteiger partial charge in [0.1, 0.15) is 24.3 Å². The third kappa shape index (κ3) is 9.94. The van der Waals surface area contributed by atoms with Crippen LogP contribution < -0.4 is 10.6 Å². The van der Waals surface area contributed by atoms with Crippen molar-refractivity contribution >= 4 is 33.5 Å². The molecule has 0 amide bonds. The number of alkyl halides is 2. The van der Waals surface area contributed by atoms with Gasteiger partial charge in [0, 0.05) is 36.0 Å². The highest BCUT2D eigenvalue weighted by atomic mass is 79.9. The zero-order chi connectivity index (χ0) is 25.8. The summed E-state index contributed by atoms with van der Waals surface area (Å²) in [7, 11) is 0. The lowest BCUT2D eigenvalue weighted by molar-refractivity contribution is -0.138. The molecule has 8 nitrogen and oxygen atoms in total. The van der Waals surface area contributed by atoms with Crippen LogP contribution in [0.25, 0.3) is 0 Å². The fraction of sp³-hybridized carbons (Fsp3) is 0.560. The van der Waals surface area contributed by atoms with E-state index in [1.54, 1.807) is 18.3 Å². The number of aryl methyl sites for hydroxylation is 2. The van der Waals surface area contributed by atoms with Crippen LogP contribution in [0.5, 0.6) is 0 Å². The number of carbonyl (C=O) groups is 1. The second-order valence-electron chi connectivity index (χ2n) is 8.79. The molecular formula is C25H34BrF2N5O3. The molecule has 36 heavy (non-hydrogen) atoms. The van der Waals surface area contributed by atoms with E-state index in [2.05, 4.69) is 48.6 Å². The normalized spacial score (nSPS) is 13.9. The van der Waals surface area contributed by atoms with Crippen LogP contribution in [-0.2, 0) is 22.4 Å². The first-order valence-electron chi connectivity index (χ1n) is 12.3. The molecular weight excluding hydrogens is 536 g/mol. The first kappa shape index (κ1) is 28.2. The summed E-state index contributed by atoms with van der Waals surface area (Å²) in [6.45, 7) is 2.17. The fourth-order valence-electron chi connectivity index (χ4n) is 4.08. The Kier molecular flexibility index (Phi) is 11.8. The molecule has 3 N–H and O–H groups in total. The van der Waals surface area contributed by atoms with Gasteiger partial charge >= 0.3 is 5.97 Å². The monoisotopic (exact) mass is 569 g/mol. The number of carboxylic acid groups (broad SMARTS) is 1. The number of unbranched alkanes of at least 4 members (excludes halogenated alkanes) is 1. The van der Waals surface area contributed by atoms with Crippen molar-refractivity contribution in [3.05, 3.63) is 46.2 Å². The number of nitrogens with one attached hydrogen (secondary N) is 2. The van der Waals surface area contributed by atoms with E-state index in [1.807, 2.05) is 0 Å². The van der Waals surface area contributed by atoms with Crippen molar-refractivity contribution in [3.8, 4) is 0 Å². The van der Waals surface area contributed by atoms with Gasteiger partial charge in [-0.25, -0.2) is 23.5 Å². The molecule has 11 heteroatoms. The molecule has 0 fully saturated rings. The van der Waals surface area contributed by atoms with Crippen LogP contribution in [0.3, 0.4) is 0 Å². The Bertz CT molecular complexity index is 969. The summed E-state index contributed by atoms with van der Waals surface area (Å²) < 4.78 is 30.7. The number of fused-ring (bicyclic) bond motifs is 1. The highest BCUT2D eigenvalue weighted by molar-refractivity contribution is 9.10. The van der Waals surface area contributed by atoms with E-state index in [9.17, 15) is 18.7 Å². The predicted octanol–water partition coefficient (Wildman–Crippen LogP) is 4.46. The molecule has 0 radical (unpaired) electrons. The highest BCUT2D eigenvalue weighted by Crippen LogP contribution is 2.20. The molecule has 0 spiro atoms. The third-order valence-corrected chi connectivity index (χ3v) is 6.47. The minimum atomic E-state index is -2.50. The molecule has 0 aliphatic carbocycles. The quantitative estimate of drug-likeness (QED) is 0.255. The van der Waals surface area contributed by atoms with Crippen molar-refractivity contribution in [2.24, 2.45) is 0 Å². The Hall–Kier alpha value is -2.37. The summed E-state index contributed by atoms with van der Waals surface area (Å²) in [5.74, 6) is 0.483. The summed E-state index contributed by atoms with van der Waals surface area (Å²) in [6.07, 6.45) is 4.24. The smallest absolute Gasteiger partial charge is 0.326 e. The lowest BCUT2D eigenvalue weighted by Crippen LogP contribution is -2.37. The minimum absolute atomic E-state index is 0.167. The maximum Gasteiger partial charge on any atom is 0.326 e. The maximum atomic E-state index is 12.4. The van der Waals surface area contributed by atoms with Gasteiger partial charge in [0.15, 0.2) is 0 Å². The summed E-state index contributed by atoms with van der Waals surface area (Å²) in [5.41, 5.74) is 2.31. The molecule has 1 atom stereocenters. The van der Waals surface area contributed by atoms with Crippen LogP contribution in [0, 0.1) is 0 Å². The Labute approximate surface area is 219 Å². The summed E-state index contributed by atoms with van der Waals surface area (Å²) >= 11 is 3.36. The van der Waals surface area contributed by atoms with Gasteiger partial charge in [0.05, 0.1) is 6.61 Å². The molecule has 3 rings (SSSR count). The van der Waals surface area contributed by atoms with Crippen molar-refractivity contribution in [2.75, 3.05) is 50.0 Å². The lowest BCUT2D eigenvalue weighted by atomic mass is 10.1. The lowest BCUT2D eigenvalue weighted by Gasteiger charge is -2.24. The molecule has 0 saturated carbocycles.